The molecule has 1 unspecified atom stereocenters. The molecule has 0 radical (unpaired) electrons. The van der Waals surface area contributed by atoms with Crippen molar-refractivity contribution in [2.45, 2.75) is 32.0 Å². The summed E-state index contributed by atoms with van der Waals surface area (Å²) < 4.78 is 43.1. The largest absolute Gasteiger partial charge is 0.439 e. The van der Waals surface area contributed by atoms with Gasteiger partial charge in [0.05, 0.1) is 5.56 Å². The van der Waals surface area contributed by atoms with Gasteiger partial charge in [-0.1, -0.05) is 0 Å². The maximum absolute atomic E-state index is 12.6. The van der Waals surface area contributed by atoms with Crippen molar-refractivity contribution in [1.29, 1.82) is 0 Å². The van der Waals surface area contributed by atoms with E-state index in [0.29, 0.717) is 30.3 Å². The van der Waals surface area contributed by atoms with E-state index in [-0.39, 0.29) is 17.8 Å². The second kappa shape index (κ2) is 8.18. The molecule has 28 heavy (non-hydrogen) atoms. The molecule has 0 aliphatic carbocycles. The topological polar surface area (TPSA) is 68.5 Å². The molecule has 0 bridgehead atoms. The number of pyridine rings is 1. The summed E-state index contributed by atoms with van der Waals surface area (Å²) >= 11 is 0. The van der Waals surface area contributed by atoms with Gasteiger partial charge in [0.1, 0.15) is 5.75 Å². The number of likely N-dealkylation sites (tertiary alicyclic amines) is 1. The number of hydrogen-bond acceptors (Lipinski definition) is 4. The van der Waals surface area contributed by atoms with Crippen molar-refractivity contribution in [2.24, 2.45) is 11.7 Å². The molecule has 1 saturated heterocycles. The maximum Gasteiger partial charge on any atom is 0.417 e. The van der Waals surface area contributed by atoms with Crippen LogP contribution in [0.4, 0.5) is 13.2 Å². The van der Waals surface area contributed by atoms with E-state index in [4.69, 9.17) is 10.5 Å². The fraction of sp³-hybridized carbons (Fsp3) is 0.400. The Kier molecular flexibility index (Phi) is 5.88. The molecule has 3 rings (SSSR count). The average Bonchev–Trinajstić information content (AvgIpc) is 2.68. The molecule has 1 aliphatic heterocycles. The van der Waals surface area contributed by atoms with Gasteiger partial charge in [-0.3, -0.25) is 4.79 Å². The number of halogens is 3. The number of rotatable bonds is 4. The summed E-state index contributed by atoms with van der Waals surface area (Å²) in [5, 5.41) is 0. The van der Waals surface area contributed by atoms with Crippen molar-refractivity contribution < 1.29 is 22.7 Å². The van der Waals surface area contributed by atoms with E-state index >= 15 is 0 Å². The fourth-order valence-corrected chi connectivity index (χ4v) is 3.21. The van der Waals surface area contributed by atoms with Crippen LogP contribution in [-0.4, -0.2) is 34.9 Å². The molecule has 150 valence electrons. The summed E-state index contributed by atoms with van der Waals surface area (Å²) in [6, 6.07) is 8.67. The van der Waals surface area contributed by atoms with Gasteiger partial charge in [0.25, 0.3) is 5.91 Å². The number of nitrogens with zero attached hydrogens (tertiary/aromatic N) is 2. The number of nitrogens with two attached hydrogens (primary N) is 1. The lowest BCUT2D eigenvalue weighted by molar-refractivity contribution is -0.137. The fourth-order valence-electron chi connectivity index (χ4n) is 3.21. The van der Waals surface area contributed by atoms with E-state index in [1.807, 2.05) is 11.8 Å². The zero-order chi connectivity index (χ0) is 20.3. The minimum atomic E-state index is -4.44. The number of amides is 1. The Morgan fingerprint density at radius 2 is 1.82 bits per heavy atom. The Balaban J connectivity index is 1.60. The zero-order valence-corrected chi connectivity index (χ0v) is 15.4. The van der Waals surface area contributed by atoms with Gasteiger partial charge in [0.15, 0.2) is 0 Å². The second-order valence-electron chi connectivity index (χ2n) is 7.00. The Morgan fingerprint density at radius 3 is 2.32 bits per heavy atom. The van der Waals surface area contributed by atoms with Crippen molar-refractivity contribution in [3.8, 4) is 11.6 Å². The molecule has 8 heteroatoms. The lowest BCUT2D eigenvalue weighted by Gasteiger charge is -2.33. The van der Waals surface area contributed by atoms with Gasteiger partial charge >= 0.3 is 6.18 Å². The summed E-state index contributed by atoms with van der Waals surface area (Å²) in [6.07, 6.45) is -1.93. The lowest BCUT2D eigenvalue weighted by atomic mass is 9.90. The van der Waals surface area contributed by atoms with Crippen LogP contribution in [0.3, 0.4) is 0 Å². The van der Waals surface area contributed by atoms with Crippen LogP contribution in [0.1, 0.15) is 35.7 Å². The van der Waals surface area contributed by atoms with E-state index in [0.717, 1.165) is 31.2 Å². The van der Waals surface area contributed by atoms with Crippen molar-refractivity contribution in [3.05, 3.63) is 53.7 Å². The first-order valence-electron chi connectivity index (χ1n) is 9.10. The van der Waals surface area contributed by atoms with E-state index in [1.165, 1.54) is 0 Å². The molecule has 1 atom stereocenters. The van der Waals surface area contributed by atoms with Gasteiger partial charge in [-0.2, -0.15) is 13.2 Å². The Bertz CT molecular complexity index is 797. The van der Waals surface area contributed by atoms with Crippen LogP contribution < -0.4 is 10.5 Å². The van der Waals surface area contributed by atoms with Gasteiger partial charge in [0.2, 0.25) is 5.88 Å². The molecule has 1 aliphatic rings. The third kappa shape index (κ3) is 4.81. The number of hydrogen-bond donors (Lipinski definition) is 1. The predicted octanol–water partition coefficient (Wildman–Crippen LogP) is 4.09. The summed E-state index contributed by atoms with van der Waals surface area (Å²) in [4.78, 5) is 18.1. The molecule has 2 N–H and O–H groups in total. The van der Waals surface area contributed by atoms with Gasteiger partial charge in [-0.15, -0.1) is 0 Å². The summed E-state index contributed by atoms with van der Waals surface area (Å²) in [6.45, 7) is 3.35. The average molecular weight is 393 g/mol. The third-order valence-corrected chi connectivity index (χ3v) is 4.96. The molecular weight excluding hydrogens is 371 g/mol. The highest BCUT2D eigenvalue weighted by Gasteiger charge is 2.30. The van der Waals surface area contributed by atoms with Crippen LogP contribution in [0.2, 0.25) is 0 Å². The third-order valence-electron chi connectivity index (χ3n) is 4.96. The number of alkyl halides is 3. The maximum atomic E-state index is 12.6. The van der Waals surface area contributed by atoms with Crippen LogP contribution in [0.5, 0.6) is 11.6 Å². The smallest absolute Gasteiger partial charge is 0.417 e. The Labute approximate surface area is 161 Å². The number of carbonyl (C=O) groups excluding carboxylic acids is 1. The van der Waals surface area contributed by atoms with Crippen molar-refractivity contribution >= 4 is 5.91 Å². The Hall–Kier alpha value is -2.61. The van der Waals surface area contributed by atoms with Gasteiger partial charge in [0, 0.05) is 37.0 Å². The second-order valence-corrected chi connectivity index (χ2v) is 7.00. The minimum absolute atomic E-state index is 0.0463. The highest BCUT2D eigenvalue weighted by atomic mass is 19.4. The molecule has 2 heterocycles. The highest BCUT2D eigenvalue weighted by Crippen LogP contribution is 2.30. The van der Waals surface area contributed by atoms with Crippen LogP contribution in [-0.2, 0) is 6.18 Å². The SMILES string of the molecule is CC(N)C1CCN(C(=O)c2ccc(Oc3ccc(C(F)(F)F)cn3)cc2)CC1. The molecule has 0 saturated carbocycles. The number of carbonyl (C=O) groups is 1. The molecule has 1 aromatic carbocycles. The van der Waals surface area contributed by atoms with Crippen LogP contribution in [0.25, 0.3) is 0 Å². The first-order chi connectivity index (χ1) is 13.2. The first kappa shape index (κ1) is 20.1. The predicted molar refractivity (Wildman–Crippen MR) is 98.0 cm³/mol. The molecule has 5 nitrogen and oxygen atoms in total. The Morgan fingerprint density at radius 1 is 1.18 bits per heavy atom. The molecule has 1 amide bonds. The molecule has 1 fully saturated rings. The zero-order valence-electron chi connectivity index (χ0n) is 15.4. The van der Waals surface area contributed by atoms with Crippen LogP contribution in [0.15, 0.2) is 42.6 Å². The van der Waals surface area contributed by atoms with E-state index < -0.39 is 11.7 Å². The lowest BCUT2D eigenvalue weighted by Crippen LogP contribution is -2.42. The summed E-state index contributed by atoms with van der Waals surface area (Å²) in [7, 11) is 0. The number of ether oxygens (including phenoxy) is 1. The molecule has 0 spiro atoms. The van der Waals surface area contributed by atoms with Crippen molar-refractivity contribution in [3.63, 3.8) is 0 Å². The number of benzene rings is 1. The summed E-state index contributed by atoms with van der Waals surface area (Å²) in [5.41, 5.74) is 5.63. The number of piperidine rings is 1. The van der Waals surface area contributed by atoms with Gasteiger partial charge in [-0.25, -0.2) is 4.98 Å². The molecule has 1 aromatic heterocycles. The van der Waals surface area contributed by atoms with Gasteiger partial charge < -0.3 is 15.4 Å². The standard InChI is InChI=1S/C20H22F3N3O2/c1-13(24)14-8-10-26(11-9-14)19(27)15-2-5-17(6-3-15)28-18-7-4-16(12-25-18)20(21,22)23/h2-7,12-14H,8-11,24H2,1H3. The van der Waals surface area contributed by atoms with E-state index in [9.17, 15) is 18.0 Å². The first-order valence-corrected chi connectivity index (χ1v) is 9.10. The number of aromatic nitrogens is 1. The van der Waals surface area contributed by atoms with Gasteiger partial charge in [-0.05, 0) is 56.0 Å². The van der Waals surface area contributed by atoms with E-state index in [2.05, 4.69) is 4.98 Å². The van der Waals surface area contributed by atoms with E-state index in [1.54, 1.807) is 24.3 Å². The quantitative estimate of drug-likeness (QED) is 0.850. The molecular formula is C20H22F3N3O2. The van der Waals surface area contributed by atoms with Crippen LogP contribution in [0, 0.1) is 5.92 Å². The van der Waals surface area contributed by atoms with Crippen molar-refractivity contribution in [2.75, 3.05) is 13.1 Å². The normalized spacial score (nSPS) is 16.7. The monoisotopic (exact) mass is 393 g/mol. The van der Waals surface area contributed by atoms with Crippen LogP contribution >= 0.6 is 0 Å². The van der Waals surface area contributed by atoms with Crippen molar-refractivity contribution in [1.82, 2.24) is 9.88 Å². The molecule has 2 aromatic rings. The summed E-state index contributed by atoms with van der Waals surface area (Å²) in [5.74, 6) is 0.822. The highest BCUT2D eigenvalue weighted by molar-refractivity contribution is 5.94. The minimum Gasteiger partial charge on any atom is -0.439 e.